The fourth-order valence-corrected chi connectivity index (χ4v) is 6.20. The van der Waals surface area contributed by atoms with Crippen LogP contribution in [0.25, 0.3) is 99.9 Å². The van der Waals surface area contributed by atoms with Gasteiger partial charge in [0, 0.05) is 16.7 Å². The van der Waals surface area contributed by atoms with Gasteiger partial charge in [0.2, 0.25) is 0 Å². The Hall–Kier alpha value is -7.23. The zero-order valence-electron chi connectivity index (χ0n) is 46.9. The summed E-state index contributed by atoms with van der Waals surface area (Å²) in [4.78, 5) is 14.0. The lowest BCUT2D eigenvalue weighted by molar-refractivity contribution is 1.07. The van der Waals surface area contributed by atoms with Crippen molar-refractivity contribution < 1.29 is 26.0 Å². The zero-order valence-corrected chi connectivity index (χ0v) is 27.9. The van der Waals surface area contributed by atoms with Crippen LogP contribution in [-0.4, -0.2) is 15.0 Å². The number of rotatable bonds is 6. The molecular weight excluding hydrogens is 655 g/mol. The van der Waals surface area contributed by atoms with E-state index in [1.165, 1.54) is 0 Å². The lowest BCUT2D eigenvalue weighted by Crippen LogP contribution is -2.00. The number of benzene rings is 9. The largest absolute Gasteiger partial charge is 0.208 e. The lowest BCUT2D eigenvalue weighted by atomic mass is 9.92. The van der Waals surface area contributed by atoms with Crippen LogP contribution in [-0.2, 0) is 0 Å². The molecule has 10 aromatic rings. The molecule has 0 bridgehead atoms. The molecule has 10 rings (SSSR count). The second-order valence-corrected chi connectivity index (χ2v) is 12.1. The van der Waals surface area contributed by atoms with Crippen molar-refractivity contribution in [2.75, 3.05) is 0 Å². The Balaban J connectivity index is 1.23. The number of hydrogen-bond acceptors (Lipinski definition) is 3. The van der Waals surface area contributed by atoms with Crippen LogP contribution in [0.3, 0.4) is 0 Å². The van der Waals surface area contributed by atoms with Gasteiger partial charge >= 0.3 is 0 Å². The van der Waals surface area contributed by atoms with E-state index in [4.69, 9.17) is 20.1 Å². The van der Waals surface area contributed by atoms with E-state index in [1.807, 2.05) is 42.5 Å². The zero-order chi connectivity index (χ0) is 52.4. The minimum Gasteiger partial charge on any atom is -0.208 e. The third-order valence-electron chi connectivity index (χ3n) is 8.83. The Morgan fingerprint density at radius 3 is 1.22 bits per heavy atom. The van der Waals surface area contributed by atoms with Gasteiger partial charge in [0.1, 0.15) is 0 Å². The number of fused-ring (bicyclic) bond motifs is 6. The highest BCUT2D eigenvalue weighted by molar-refractivity contribution is 6.25. The van der Waals surface area contributed by atoms with Gasteiger partial charge in [-0.25, -0.2) is 15.0 Å². The van der Waals surface area contributed by atoms with E-state index in [2.05, 4.69) is 9.97 Å². The van der Waals surface area contributed by atoms with E-state index in [0.717, 1.165) is 11.1 Å². The molecule has 0 spiro atoms. The maximum atomic E-state index is 9.63. The number of nitrogens with zero attached hydrogens (tertiary/aromatic N) is 3. The summed E-state index contributed by atoms with van der Waals surface area (Å²) >= 11 is 0. The van der Waals surface area contributed by atoms with Crippen LogP contribution >= 0.6 is 0 Å². The fraction of sp³-hybridized carbons (Fsp3) is 0. The quantitative estimate of drug-likeness (QED) is 0.162. The summed E-state index contributed by atoms with van der Waals surface area (Å²) in [6.07, 6.45) is 0. The molecule has 0 amide bonds. The first-order valence-electron chi connectivity index (χ1n) is 26.2. The van der Waals surface area contributed by atoms with E-state index >= 15 is 0 Å². The predicted molar refractivity (Wildman–Crippen MR) is 225 cm³/mol. The van der Waals surface area contributed by atoms with Gasteiger partial charge in [-0.05, 0) is 77.8 Å². The summed E-state index contributed by atoms with van der Waals surface area (Å²) < 4.78 is 172. The summed E-state index contributed by atoms with van der Waals surface area (Å²) in [6, 6.07) is 10.6. The van der Waals surface area contributed by atoms with Gasteiger partial charge in [-0.15, -0.1) is 0 Å². The van der Waals surface area contributed by atoms with Gasteiger partial charge in [-0.2, -0.15) is 0 Å². The van der Waals surface area contributed by atoms with E-state index in [1.54, 1.807) is 42.5 Å². The molecule has 3 nitrogen and oxygen atoms in total. The number of hydrogen-bond donors (Lipinski definition) is 0. The molecule has 1 aromatic heterocycles. The molecule has 0 N–H and O–H groups in total. The van der Waals surface area contributed by atoms with Crippen LogP contribution in [0.15, 0.2) is 200 Å². The van der Waals surface area contributed by atoms with Crippen molar-refractivity contribution in [3.05, 3.63) is 200 Å². The first-order chi connectivity index (χ1) is 34.7. The summed E-state index contributed by atoms with van der Waals surface area (Å²) in [6.45, 7) is 0. The molecule has 0 radical (unpaired) electrons. The molecule has 0 atom stereocenters. The highest BCUT2D eigenvalue weighted by atomic mass is 15.0. The van der Waals surface area contributed by atoms with Gasteiger partial charge in [-0.1, -0.05) is 188 Å². The minimum atomic E-state index is -0.930. The standard InChI is InChI=1S/C51H33N3/c1-3-12-34(13-4-1)35-26-28-39(29-27-35)50-52-49(38-14-5-2-6-15-38)53-51(54-50)42-17-11-16-40(32-42)36-22-24-37(25-23-36)41-30-31-47-45-20-8-7-18-43(45)44-19-9-10-21-46(44)48(47)33-41/h1-33H/i7D,8D,9D,10D,11D,16D,17D,18D,19D,20D,21D,22D,23D,24D,25D,30D,31D,32D,33D. The van der Waals surface area contributed by atoms with Gasteiger partial charge < -0.3 is 0 Å². The molecule has 0 aliphatic heterocycles. The maximum absolute atomic E-state index is 9.63. The molecule has 0 fully saturated rings. The molecule has 1 heterocycles. The highest BCUT2D eigenvalue weighted by Gasteiger charge is 2.14. The Bertz CT molecular complexity index is 3990. The molecule has 252 valence electrons. The molecule has 0 aliphatic carbocycles. The third-order valence-corrected chi connectivity index (χ3v) is 8.83. The van der Waals surface area contributed by atoms with Crippen molar-refractivity contribution in [1.29, 1.82) is 0 Å². The Morgan fingerprint density at radius 2 is 0.648 bits per heavy atom. The Kier molecular flexibility index (Phi) is 4.35. The van der Waals surface area contributed by atoms with Crippen LogP contribution in [0, 0.1) is 0 Å². The molecule has 0 unspecified atom stereocenters. The molecule has 0 aliphatic rings. The number of aromatic nitrogens is 3. The lowest BCUT2D eigenvalue weighted by Gasteiger charge is -2.12. The molecule has 3 heteroatoms. The summed E-state index contributed by atoms with van der Waals surface area (Å²) in [5, 5.41) is -2.60. The average molecular weight is 707 g/mol. The van der Waals surface area contributed by atoms with Crippen LogP contribution in [0.2, 0.25) is 0 Å². The SMILES string of the molecule is [2H]c1c([2H])c(-c2nc(-c3ccccc3)nc(-c3ccc(-c4ccccc4)cc3)n2)c([2H])c(-c2c([2H])c([2H])c(-c3c([2H])c([2H])c4c5c([2H])c([2H])c([2H])c([2H])c5c5c([2H])c([2H])c([2H])c([2H])c5c4c3[2H])c([2H])c2[2H])c1[2H]. The van der Waals surface area contributed by atoms with E-state index in [0.29, 0.717) is 11.1 Å². The van der Waals surface area contributed by atoms with Gasteiger partial charge in [0.05, 0.1) is 26.0 Å². The monoisotopic (exact) mass is 706 g/mol. The van der Waals surface area contributed by atoms with Crippen molar-refractivity contribution in [2.24, 2.45) is 0 Å². The van der Waals surface area contributed by atoms with Crippen LogP contribution in [0.4, 0.5) is 0 Å². The fourth-order valence-electron chi connectivity index (χ4n) is 6.20. The molecule has 0 saturated heterocycles. The second-order valence-electron chi connectivity index (χ2n) is 12.1. The van der Waals surface area contributed by atoms with Crippen LogP contribution < -0.4 is 0 Å². The Morgan fingerprint density at radius 1 is 0.259 bits per heavy atom. The van der Waals surface area contributed by atoms with E-state index in [9.17, 15) is 11.0 Å². The predicted octanol–water partition coefficient (Wildman–Crippen LogP) is 13.3. The van der Waals surface area contributed by atoms with Crippen LogP contribution in [0.1, 0.15) is 26.0 Å². The topological polar surface area (TPSA) is 38.7 Å². The van der Waals surface area contributed by atoms with Gasteiger partial charge in [-0.3, -0.25) is 0 Å². The molecule has 54 heavy (non-hydrogen) atoms. The van der Waals surface area contributed by atoms with Crippen molar-refractivity contribution in [1.82, 2.24) is 15.0 Å². The smallest absolute Gasteiger partial charge is 0.164 e. The van der Waals surface area contributed by atoms with E-state index < -0.39 is 170 Å². The summed E-state index contributed by atoms with van der Waals surface area (Å²) in [5.74, 6) is -0.0226. The van der Waals surface area contributed by atoms with Crippen LogP contribution in [0.5, 0.6) is 0 Å². The summed E-state index contributed by atoms with van der Waals surface area (Å²) in [7, 11) is 0. The summed E-state index contributed by atoms with van der Waals surface area (Å²) in [5.41, 5.74) is -0.158. The molecular formula is C51H33N3. The second kappa shape index (κ2) is 13.4. The molecule has 9 aromatic carbocycles. The van der Waals surface area contributed by atoms with E-state index in [-0.39, 0.29) is 22.9 Å². The van der Waals surface area contributed by atoms with Crippen molar-refractivity contribution in [3.63, 3.8) is 0 Å². The van der Waals surface area contributed by atoms with Crippen molar-refractivity contribution in [3.8, 4) is 67.5 Å². The first kappa shape index (κ1) is 17.5. The first-order valence-corrected chi connectivity index (χ1v) is 16.7. The van der Waals surface area contributed by atoms with Gasteiger partial charge in [0.25, 0.3) is 0 Å². The minimum absolute atomic E-state index is 0.122. The van der Waals surface area contributed by atoms with Gasteiger partial charge in [0.15, 0.2) is 17.5 Å². The average Bonchev–Trinajstić information content (AvgIpc) is 3.40. The molecule has 0 saturated carbocycles. The maximum Gasteiger partial charge on any atom is 0.164 e. The third kappa shape index (κ3) is 5.78. The van der Waals surface area contributed by atoms with Crippen molar-refractivity contribution >= 4 is 32.3 Å². The van der Waals surface area contributed by atoms with Crippen molar-refractivity contribution in [2.45, 2.75) is 0 Å². The normalized spacial score (nSPS) is 16.3. The Labute approximate surface area is 340 Å². The highest BCUT2D eigenvalue weighted by Crippen LogP contribution is 2.38.